The normalized spacial score (nSPS) is 11.6. The number of hydrogen-bond donors (Lipinski definition) is 1. The summed E-state index contributed by atoms with van der Waals surface area (Å²) >= 11 is 0. The topological polar surface area (TPSA) is 46.5 Å². The second-order valence-corrected chi connectivity index (χ2v) is 4.08. The number of aliphatic carboxylic acids is 1. The van der Waals surface area contributed by atoms with Gasteiger partial charge in [0.2, 0.25) is 0 Å². The highest BCUT2D eigenvalue weighted by molar-refractivity contribution is 5.76. The van der Waals surface area contributed by atoms with E-state index in [1.165, 1.54) is 19.3 Å². The summed E-state index contributed by atoms with van der Waals surface area (Å²) in [6, 6.07) is 0. The van der Waals surface area contributed by atoms with Crippen LogP contribution >= 0.6 is 0 Å². The van der Waals surface area contributed by atoms with E-state index < -0.39 is 11.6 Å². The zero-order chi connectivity index (χ0) is 11.0. The van der Waals surface area contributed by atoms with Crippen LogP contribution in [0.4, 0.5) is 0 Å². The number of carbonyl (C=O) groups is 1. The molecule has 3 heteroatoms. The average molecular weight is 202 g/mol. The van der Waals surface area contributed by atoms with E-state index in [0.29, 0.717) is 6.61 Å². The molecule has 0 saturated heterocycles. The van der Waals surface area contributed by atoms with Gasteiger partial charge in [-0.15, -0.1) is 0 Å². The van der Waals surface area contributed by atoms with Gasteiger partial charge in [0.25, 0.3) is 0 Å². The van der Waals surface area contributed by atoms with Crippen LogP contribution < -0.4 is 0 Å². The smallest absolute Gasteiger partial charge is 0.335 e. The Balaban J connectivity index is 3.40. The maximum atomic E-state index is 10.7. The molecule has 0 aliphatic rings. The zero-order valence-electron chi connectivity index (χ0n) is 9.51. The molecule has 0 aliphatic heterocycles. The van der Waals surface area contributed by atoms with Gasteiger partial charge in [-0.2, -0.15) is 0 Å². The molecule has 0 amide bonds. The first kappa shape index (κ1) is 13.4. The second-order valence-electron chi connectivity index (χ2n) is 4.08. The molecule has 0 aromatic rings. The first-order valence-corrected chi connectivity index (χ1v) is 5.38. The quantitative estimate of drug-likeness (QED) is 0.616. The van der Waals surface area contributed by atoms with Crippen molar-refractivity contribution in [1.82, 2.24) is 0 Å². The van der Waals surface area contributed by atoms with Gasteiger partial charge in [-0.3, -0.25) is 0 Å². The summed E-state index contributed by atoms with van der Waals surface area (Å²) < 4.78 is 5.27. The molecule has 0 spiro atoms. The number of carboxylic acid groups (broad SMARTS) is 1. The highest BCUT2D eigenvalue weighted by Crippen LogP contribution is 2.11. The number of unbranched alkanes of at least 4 members (excludes halogenated alkanes) is 4. The van der Waals surface area contributed by atoms with Gasteiger partial charge in [0.05, 0.1) is 0 Å². The lowest BCUT2D eigenvalue weighted by molar-refractivity contribution is -0.161. The van der Waals surface area contributed by atoms with E-state index in [0.717, 1.165) is 12.8 Å². The standard InChI is InChI=1S/C11H22O3/c1-4-5-6-7-8-9-14-11(2,3)10(12)13/h4-9H2,1-3H3,(H,12,13). The fourth-order valence-corrected chi connectivity index (χ4v) is 1.09. The molecule has 0 heterocycles. The van der Waals surface area contributed by atoms with Crippen molar-refractivity contribution < 1.29 is 14.6 Å². The van der Waals surface area contributed by atoms with Crippen LogP contribution in [0.15, 0.2) is 0 Å². The summed E-state index contributed by atoms with van der Waals surface area (Å²) in [5, 5.41) is 8.76. The molecule has 0 aromatic heterocycles. The Morgan fingerprint density at radius 1 is 1.21 bits per heavy atom. The van der Waals surface area contributed by atoms with Crippen LogP contribution in [0.5, 0.6) is 0 Å². The second kappa shape index (κ2) is 6.82. The summed E-state index contributed by atoms with van der Waals surface area (Å²) in [5.74, 6) is -0.897. The van der Waals surface area contributed by atoms with E-state index in [4.69, 9.17) is 9.84 Å². The zero-order valence-corrected chi connectivity index (χ0v) is 9.51. The van der Waals surface area contributed by atoms with Crippen LogP contribution in [0.2, 0.25) is 0 Å². The number of ether oxygens (including phenoxy) is 1. The van der Waals surface area contributed by atoms with Gasteiger partial charge in [0, 0.05) is 6.61 Å². The fraction of sp³-hybridized carbons (Fsp3) is 0.909. The van der Waals surface area contributed by atoms with Crippen molar-refractivity contribution in [3.63, 3.8) is 0 Å². The minimum absolute atomic E-state index is 0.545. The first-order valence-electron chi connectivity index (χ1n) is 5.38. The Morgan fingerprint density at radius 3 is 2.29 bits per heavy atom. The van der Waals surface area contributed by atoms with Gasteiger partial charge >= 0.3 is 5.97 Å². The van der Waals surface area contributed by atoms with E-state index in [1.54, 1.807) is 13.8 Å². The van der Waals surface area contributed by atoms with Crippen molar-refractivity contribution >= 4 is 5.97 Å². The van der Waals surface area contributed by atoms with Crippen molar-refractivity contribution in [3.8, 4) is 0 Å². The SMILES string of the molecule is CCCCCCCOC(C)(C)C(=O)O. The average Bonchev–Trinajstić information content (AvgIpc) is 2.10. The lowest BCUT2D eigenvalue weighted by atomic mass is 10.1. The molecule has 14 heavy (non-hydrogen) atoms. The van der Waals surface area contributed by atoms with Crippen molar-refractivity contribution in [2.45, 2.75) is 58.5 Å². The van der Waals surface area contributed by atoms with Gasteiger partial charge < -0.3 is 9.84 Å². The predicted octanol–water partition coefficient (Wildman–Crippen LogP) is 2.84. The van der Waals surface area contributed by atoms with E-state index in [1.807, 2.05) is 0 Å². The molecule has 0 bridgehead atoms. The van der Waals surface area contributed by atoms with E-state index in [-0.39, 0.29) is 0 Å². The summed E-state index contributed by atoms with van der Waals surface area (Å²) in [6.45, 7) is 5.88. The van der Waals surface area contributed by atoms with Crippen LogP contribution in [-0.4, -0.2) is 23.3 Å². The Kier molecular flexibility index (Phi) is 6.54. The Morgan fingerprint density at radius 2 is 1.79 bits per heavy atom. The molecule has 0 radical (unpaired) electrons. The third-order valence-corrected chi connectivity index (χ3v) is 2.23. The predicted molar refractivity (Wildman–Crippen MR) is 56.4 cm³/mol. The molecule has 0 rings (SSSR count). The van der Waals surface area contributed by atoms with Crippen LogP contribution in [0.3, 0.4) is 0 Å². The van der Waals surface area contributed by atoms with Crippen LogP contribution in [0.1, 0.15) is 52.9 Å². The van der Waals surface area contributed by atoms with E-state index >= 15 is 0 Å². The number of carboxylic acids is 1. The Labute approximate surface area is 86.5 Å². The van der Waals surface area contributed by atoms with Crippen molar-refractivity contribution in [2.24, 2.45) is 0 Å². The van der Waals surface area contributed by atoms with Crippen molar-refractivity contribution in [1.29, 1.82) is 0 Å². The molecule has 0 aliphatic carbocycles. The highest BCUT2D eigenvalue weighted by atomic mass is 16.5. The van der Waals surface area contributed by atoms with E-state index in [9.17, 15) is 4.79 Å². The summed E-state index contributed by atoms with van der Waals surface area (Å²) in [7, 11) is 0. The van der Waals surface area contributed by atoms with Crippen LogP contribution in [0.25, 0.3) is 0 Å². The molecule has 0 unspecified atom stereocenters. The summed E-state index contributed by atoms with van der Waals surface area (Å²) in [6.07, 6.45) is 5.78. The Bertz CT molecular complexity index is 164. The third kappa shape index (κ3) is 5.97. The molecular weight excluding hydrogens is 180 g/mol. The monoisotopic (exact) mass is 202 g/mol. The van der Waals surface area contributed by atoms with Gasteiger partial charge in [-0.1, -0.05) is 32.6 Å². The lowest BCUT2D eigenvalue weighted by Gasteiger charge is -2.19. The van der Waals surface area contributed by atoms with E-state index in [2.05, 4.69) is 6.92 Å². The van der Waals surface area contributed by atoms with Crippen LogP contribution in [-0.2, 0) is 9.53 Å². The van der Waals surface area contributed by atoms with Crippen molar-refractivity contribution in [3.05, 3.63) is 0 Å². The molecule has 0 saturated carbocycles. The third-order valence-electron chi connectivity index (χ3n) is 2.23. The first-order chi connectivity index (χ1) is 6.50. The molecule has 1 N–H and O–H groups in total. The molecule has 84 valence electrons. The lowest BCUT2D eigenvalue weighted by Crippen LogP contribution is -2.35. The van der Waals surface area contributed by atoms with Crippen LogP contribution in [0, 0.1) is 0 Å². The number of hydrogen-bond acceptors (Lipinski definition) is 2. The van der Waals surface area contributed by atoms with Gasteiger partial charge in [0.1, 0.15) is 0 Å². The largest absolute Gasteiger partial charge is 0.479 e. The maximum Gasteiger partial charge on any atom is 0.335 e. The van der Waals surface area contributed by atoms with Gasteiger partial charge in [-0.25, -0.2) is 4.79 Å². The molecule has 3 nitrogen and oxygen atoms in total. The summed E-state index contributed by atoms with van der Waals surface area (Å²) in [5.41, 5.74) is -1.04. The summed E-state index contributed by atoms with van der Waals surface area (Å²) in [4.78, 5) is 10.7. The van der Waals surface area contributed by atoms with Crippen molar-refractivity contribution in [2.75, 3.05) is 6.61 Å². The maximum absolute atomic E-state index is 10.7. The molecular formula is C11H22O3. The van der Waals surface area contributed by atoms with Gasteiger partial charge in [0.15, 0.2) is 5.60 Å². The molecule has 0 atom stereocenters. The van der Waals surface area contributed by atoms with Gasteiger partial charge in [-0.05, 0) is 20.3 Å². The number of rotatable bonds is 8. The molecule has 0 aromatic carbocycles. The molecule has 0 fully saturated rings. The minimum atomic E-state index is -1.04. The highest BCUT2D eigenvalue weighted by Gasteiger charge is 2.27. The minimum Gasteiger partial charge on any atom is -0.479 e. The Hall–Kier alpha value is -0.570. The fourth-order valence-electron chi connectivity index (χ4n) is 1.09.